The van der Waals surface area contributed by atoms with Crippen LogP contribution >= 0.6 is 23.2 Å². The summed E-state index contributed by atoms with van der Waals surface area (Å²) in [6.45, 7) is 6.95. The molecule has 1 aliphatic rings. The van der Waals surface area contributed by atoms with Crippen LogP contribution in [0, 0.1) is 0 Å². The van der Waals surface area contributed by atoms with Crippen LogP contribution in [0.5, 0.6) is 5.75 Å². The van der Waals surface area contributed by atoms with Crippen LogP contribution in [0.2, 0.25) is 10.0 Å². The molecule has 0 bridgehead atoms. The number of nitrogens with two attached hydrogens (primary N) is 1. The van der Waals surface area contributed by atoms with Crippen LogP contribution < -0.4 is 20.7 Å². The van der Waals surface area contributed by atoms with Crippen LogP contribution in [0.15, 0.2) is 30.3 Å². The second-order valence-corrected chi connectivity index (χ2v) is 7.44. The summed E-state index contributed by atoms with van der Waals surface area (Å²) in [5.41, 5.74) is 8.51. The Hall–Kier alpha value is -2.15. The SMILES string of the molecule is CCN1CCN(c2ccc(N)cc2NC(=O)c2cc(Cl)c(OC)c(Cl)c2)CC1. The summed E-state index contributed by atoms with van der Waals surface area (Å²) >= 11 is 12.3. The molecule has 1 heterocycles. The fraction of sp³-hybridized carbons (Fsp3) is 0.350. The molecule has 1 fully saturated rings. The van der Waals surface area contributed by atoms with Crippen molar-refractivity contribution in [3.63, 3.8) is 0 Å². The number of carbonyl (C=O) groups excluding carboxylic acids is 1. The molecule has 0 aliphatic carbocycles. The lowest BCUT2D eigenvalue weighted by molar-refractivity contribution is 0.102. The third-order valence-corrected chi connectivity index (χ3v) is 5.46. The third kappa shape index (κ3) is 4.46. The summed E-state index contributed by atoms with van der Waals surface area (Å²) in [5, 5.41) is 3.51. The molecular weight excluding hydrogens is 399 g/mol. The van der Waals surface area contributed by atoms with Crippen LogP contribution in [0.25, 0.3) is 0 Å². The van der Waals surface area contributed by atoms with E-state index in [1.807, 2.05) is 12.1 Å². The topological polar surface area (TPSA) is 70.8 Å². The molecule has 0 atom stereocenters. The molecule has 1 aliphatic heterocycles. The van der Waals surface area contributed by atoms with E-state index < -0.39 is 0 Å². The van der Waals surface area contributed by atoms with Gasteiger partial charge in [0.2, 0.25) is 0 Å². The van der Waals surface area contributed by atoms with Gasteiger partial charge in [0.1, 0.15) is 0 Å². The lowest BCUT2D eigenvalue weighted by Crippen LogP contribution is -2.46. The third-order valence-electron chi connectivity index (χ3n) is 4.89. The zero-order chi connectivity index (χ0) is 20.3. The second kappa shape index (κ2) is 8.90. The number of halogens is 2. The summed E-state index contributed by atoms with van der Waals surface area (Å²) < 4.78 is 5.14. The molecule has 2 aromatic carbocycles. The van der Waals surface area contributed by atoms with Crippen LogP contribution in [0.4, 0.5) is 17.1 Å². The largest absolute Gasteiger partial charge is 0.494 e. The molecule has 1 amide bonds. The summed E-state index contributed by atoms with van der Waals surface area (Å²) in [6.07, 6.45) is 0. The summed E-state index contributed by atoms with van der Waals surface area (Å²) in [7, 11) is 1.48. The number of anilines is 3. The Morgan fingerprint density at radius 1 is 1.14 bits per heavy atom. The molecule has 0 spiro atoms. The van der Waals surface area contributed by atoms with Gasteiger partial charge in [0.15, 0.2) is 5.75 Å². The Kier molecular flexibility index (Phi) is 6.54. The molecule has 6 nitrogen and oxygen atoms in total. The average molecular weight is 423 g/mol. The van der Waals surface area contributed by atoms with Gasteiger partial charge in [-0.2, -0.15) is 0 Å². The van der Waals surface area contributed by atoms with Gasteiger partial charge < -0.3 is 25.6 Å². The van der Waals surface area contributed by atoms with Crippen molar-refractivity contribution in [1.29, 1.82) is 0 Å². The number of hydrogen-bond donors (Lipinski definition) is 2. The van der Waals surface area contributed by atoms with Gasteiger partial charge in [-0.25, -0.2) is 0 Å². The second-order valence-electron chi connectivity index (χ2n) is 6.63. The molecule has 28 heavy (non-hydrogen) atoms. The van der Waals surface area contributed by atoms with E-state index >= 15 is 0 Å². The number of piperazine rings is 1. The summed E-state index contributed by atoms with van der Waals surface area (Å²) in [4.78, 5) is 17.5. The highest BCUT2D eigenvalue weighted by Gasteiger charge is 2.20. The minimum Gasteiger partial charge on any atom is -0.494 e. The maximum atomic E-state index is 12.8. The van der Waals surface area contributed by atoms with Crippen molar-refractivity contribution >= 4 is 46.2 Å². The van der Waals surface area contributed by atoms with Crippen LogP contribution in [0.3, 0.4) is 0 Å². The molecule has 2 aromatic rings. The number of methoxy groups -OCH3 is 1. The monoisotopic (exact) mass is 422 g/mol. The Labute approximate surface area is 175 Å². The van der Waals surface area contributed by atoms with E-state index in [-0.39, 0.29) is 16.0 Å². The number of amides is 1. The standard InChI is InChI=1S/C20H24Cl2N4O2/c1-3-25-6-8-26(9-7-25)18-5-4-14(23)12-17(18)24-20(27)13-10-15(21)19(28-2)16(22)11-13/h4-5,10-12H,3,6-9,23H2,1-2H3,(H,24,27). The lowest BCUT2D eigenvalue weighted by Gasteiger charge is -2.36. The Morgan fingerprint density at radius 2 is 1.79 bits per heavy atom. The number of ether oxygens (including phenoxy) is 1. The number of carbonyl (C=O) groups is 1. The van der Waals surface area contributed by atoms with Crippen molar-refractivity contribution in [2.24, 2.45) is 0 Å². The number of hydrogen-bond acceptors (Lipinski definition) is 5. The van der Waals surface area contributed by atoms with Gasteiger partial charge in [0, 0.05) is 37.4 Å². The van der Waals surface area contributed by atoms with E-state index in [1.165, 1.54) is 19.2 Å². The van der Waals surface area contributed by atoms with E-state index in [9.17, 15) is 4.79 Å². The van der Waals surface area contributed by atoms with E-state index in [4.69, 9.17) is 33.7 Å². The highest BCUT2D eigenvalue weighted by molar-refractivity contribution is 6.37. The van der Waals surface area contributed by atoms with Crippen molar-refractivity contribution in [2.45, 2.75) is 6.92 Å². The fourth-order valence-corrected chi connectivity index (χ4v) is 3.96. The predicted molar refractivity (Wildman–Crippen MR) is 116 cm³/mol. The van der Waals surface area contributed by atoms with Gasteiger partial charge in [0.25, 0.3) is 5.91 Å². The van der Waals surface area contributed by atoms with Gasteiger partial charge >= 0.3 is 0 Å². The van der Waals surface area contributed by atoms with E-state index in [2.05, 4.69) is 22.0 Å². The van der Waals surface area contributed by atoms with Gasteiger partial charge in [-0.05, 0) is 36.9 Å². The first-order chi connectivity index (χ1) is 13.4. The minimum atomic E-state index is -0.314. The van der Waals surface area contributed by atoms with Gasteiger partial charge in [-0.3, -0.25) is 4.79 Å². The Balaban J connectivity index is 1.84. The van der Waals surface area contributed by atoms with Crippen molar-refractivity contribution in [3.8, 4) is 5.75 Å². The van der Waals surface area contributed by atoms with E-state index in [0.29, 0.717) is 22.7 Å². The van der Waals surface area contributed by atoms with Crippen molar-refractivity contribution in [3.05, 3.63) is 45.9 Å². The van der Waals surface area contributed by atoms with Crippen molar-refractivity contribution in [1.82, 2.24) is 4.90 Å². The number of nitrogens with zero attached hydrogens (tertiary/aromatic N) is 2. The molecule has 0 saturated carbocycles. The first kappa shape index (κ1) is 20.6. The molecule has 1 saturated heterocycles. The zero-order valence-electron chi connectivity index (χ0n) is 16.0. The molecule has 150 valence electrons. The lowest BCUT2D eigenvalue weighted by atomic mass is 10.1. The predicted octanol–water partition coefficient (Wildman–Crippen LogP) is 3.98. The van der Waals surface area contributed by atoms with E-state index in [0.717, 1.165) is 38.4 Å². The van der Waals surface area contributed by atoms with E-state index in [1.54, 1.807) is 6.07 Å². The Morgan fingerprint density at radius 3 is 2.36 bits per heavy atom. The average Bonchev–Trinajstić information content (AvgIpc) is 2.68. The molecule has 0 aromatic heterocycles. The summed E-state index contributed by atoms with van der Waals surface area (Å²) in [6, 6.07) is 8.63. The van der Waals surface area contributed by atoms with Crippen molar-refractivity contribution < 1.29 is 9.53 Å². The molecule has 8 heteroatoms. The number of rotatable bonds is 5. The number of benzene rings is 2. The fourth-order valence-electron chi connectivity index (χ4n) is 3.32. The number of nitrogens with one attached hydrogen (secondary N) is 1. The number of likely N-dealkylation sites (N-methyl/N-ethyl adjacent to an activating group) is 1. The highest BCUT2D eigenvalue weighted by atomic mass is 35.5. The highest BCUT2D eigenvalue weighted by Crippen LogP contribution is 2.35. The maximum Gasteiger partial charge on any atom is 0.255 e. The molecule has 3 rings (SSSR count). The quantitative estimate of drug-likeness (QED) is 0.712. The first-order valence-electron chi connectivity index (χ1n) is 9.14. The van der Waals surface area contributed by atoms with Gasteiger partial charge in [0.05, 0.1) is 28.5 Å². The van der Waals surface area contributed by atoms with Crippen LogP contribution in [0.1, 0.15) is 17.3 Å². The minimum absolute atomic E-state index is 0.281. The number of nitrogen functional groups attached to an aromatic ring is 1. The summed E-state index contributed by atoms with van der Waals surface area (Å²) in [5.74, 6) is 0.0313. The normalized spacial score (nSPS) is 14.8. The Bertz CT molecular complexity index is 844. The smallest absolute Gasteiger partial charge is 0.255 e. The van der Waals surface area contributed by atoms with Crippen LogP contribution in [-0.4, -0.2) is 50.6 Å². The maximum absolute atomic E-state index is 12.8. The van der Waals surface area contributed by atoms with Crippen molar-refractivity contribution in [2.75, 3.05) is 55.8 Å². The van der Waals surface area contributed by atoms with Gasteiger partial charge in [-0.15, -0.1) is 0 Å². The molecule has 0 unspecified atom stereocenters. The molecular formula is C20H24Cl2N4O2. The molecule has 3 N–H and O–H groups in total. The molecule has 0 radical (unpaired) electrons. The first-order valence-corrected chi connectivity index (χ1v) is 9.89. The zero-order valence-corrected chi connectivity index (χ0v) is 17.5. The van der Waals surface area contributed by atoms with Gasteiger partial charge in [-0.1, -0.05) is 30.1 Å². The van der Waals surface area contributed by atoms with Crippen LogP contribution in [-0.2, 0) is 0 Å².